The fourth-order valence-corrected chi connectivity index (χ4v) is 1.82. The molecule has 3 nitrogen and oxygen atoms in total. The first-order valence-electron chi connectivity index (χ1n) is 6.24. The van der Waals surface area contributed by atoms with Crippen molar-refractivity contribution in [1.29, 1.82) is 0 Å². The van der Waals surface area contributed by atoms with Gasteiger partial charge in [0.15, 0.2) is 0 Å². The molecule has 0 saturated heterocycles. The van der Waals surface area contributed by atoms with E-state index in [1.807, 2.05) is 13.8 Å². The van der Waals surface area contributed by atoms with E-state index >= 15 is 0 Å². The Morgan fingerprint density at radius 1 is 1.33 bits per heavy atom. The third kappa shape index (κ3) is 3.87. The van der Waals surface area contributed by atoms with Crippen molar-refractivity contribution in [1.82, 2.24) is 0 Å². The molecule has 0 aromatic heterocycles. The summed E-state index contributed by atoms with van der Waals surface area (Å²) in [6.07, 6.45) is 0.595. The van der Waals surface area contributed by atoms with Crippen molar-refractivity contribution in [2.24, 2.45) is 0 Å². The molecule has 1 rings (SSSR count). The third-order valence-electron chi connectivity index (χ3n) is 3.23. The largest absolute Gasteiger partial charge is 0.490 e. The van der Waals surface area contributed by atoms with Crippen LogP contribution in [0.15, 0.2) is 18.2 Å². The van der Waals surface area contributed by atoms with E-state index < -0.39 is 11.7 Å². The van der Waals surface area contributed by atoms with Crippen LogP contribution in [0.5, 0.6) is 5.75 Å². The summed E-state index contributed by atoms with van der Waals surface area (Å²) in [7, 11) is 0. The fourth-order valence-electron chi connectivity index (χ4n) is 1.64. The van der Waals surface area contributed by atoms with E-state index in [0.717, 1.165) is 0 Å². The molecule has 0 unspecified atom stereocenters. The first-order chi connectivity index (χ1) is 8.41. The number of hydrogen-bond donors (Lipinski definition) is 2. The Morgan fingerprint density at radius 3 is 2.44 bits per heavy atom. The highest BCUT2D eigenvalue weighted by Crippen LogP contribution is 2.29. The molecule has 0 radical (unpaired) electrons. The van der Waals surface area contributed by atoms with Crippen LogP contribution in [0, 0.1) is 0 Å². The molecule has 18 heavy (non-hydrogen) atoms. The molecule has 0 bridgehead atoms. The van der Waals surface area contributed by atoms with Gasteiger partial charge in [-0.1, -0.05) is 25.4 Å². The Labute approximate surface area is 113 Å². The molecule has 0 aliphatic heterocycles. The number of aliphatic hydroxyl groups excluding tert-OH is 1. The van der Waals surface area contributed by atoms with Crippen molar-refractivity contribution in [3.63, 3.8) is 0 Å². The zero-order chi connectivity index (χ0) is 13.8. The zero-order valence-corrected chi connectivity index (χ0v) is 11.9. The highest BCUT2D eigenvalue weighted by Gasteiger charge is 2.24. The van der Waals surface area contributed by atoms with E-state index in [-0.39, 0.29) is 6.61 Å². The fraction of sp³-hybridized carbons (Fsp3) is 0.571. The third-order valence-corrected chi connectivity index (χ3v) is 3.47. The predicted octanol–water partition coefficient (Wildman–Crippen LogP) is 3.32. The summed E-state index contributed by atoms with van der Waals surface area (Å²) in [5.74, 6) is 0.565. The van der Waals surface area contributed by atoms with Crippen molar-refractivity contribution in [3.05, 3.63) is 28.8 Å². The Balaban J connectivity index is 2.85. The van der Waals surface area contributed by atoms with Crippen LogP contribution in [0.2, 0.25) is 5.02 Å². The van der Waals surface area contributed by atoms with Crippen LogP contribution >= 0.6 is 11.6 Å². The van der Waals surface area contributed by atoms with E-state index in [1.54, 1.807) is 25.1 Å². The van der Waals surface area contributed by atoms with Crippen LogP contribution in [-0.2, 0) is 0 Å². The summed E-state index contributed by atoms with van der Waals surface area (Å²) in [6.45, 7) is 5.71. The first kappa shape index (κ1) is 15.3. The van der Waals surface area contributed by atoms with Gasteiger partial charge in [0, 0.05) is 10.6 Å². The van der Waals surface area contributed by atoms with Gasteiger partial charge in [0.2, 0.25) is 0 Å². The SMILES string of the molecule is CCC(O)(CC)COc1ccc(Cl)cc1[C@H](C)O. The summed E-state index contributed by atoms with van der Waals surface area (Å²) in [6, 6.07) is 5.11. The lowest BCUT2D eigenvalue weighted by Gasteiger charge is -2.26. The number of halogens is 1. The number of aliphatic hydroxyl groups is 2. The van der Waals surface area contributed by atoms with Gasteiger partial charge in [-0.15, -0.1) is 0 Å². The Bertz CT molecular complexity index is 387. The summed E-state index contributed by atoms with van der Waals surface area (Å²) in [4.78, 5) is 0. The van der Waals surface area contributed by atoms with Crippen molar-refractivity contribution < 1.29 is 14.9 Å². The molecular weight excluding hydrogens is 252 g/mol. The monoisotopic (exact) mass is 272 g/mol. The molecule has 0 saturated carbocycles. The average Bonchev–Trinajstić information content (AvgIpc) is 2.36. The molecule has 2 N–H and O–H groups in total. The number of ether oxygens (including phenoxy) is 1. The quantitative estimate of drug-likeness (QED) is 0.835. The average molecular weight is 273 g/mol. The molecule has 0 spiro atoms. The second-order valence-corrected chi connectivity index (χ2v) is 5.01. The van der Waals surface area contributed by atoms with Crippen molar-refractivity contribution in [2.45, 2.75) is 45.3 Å². The highest BCUT2D eigenvalue weighted by molar-refractivity contribution is 6.30. The van der Waals surface area contributed by atoms with Gasteiger partial charge in [-0.25, -0.2) is 0 Å². The van der Waals surface area contributed by atoms with Crippen LogP contribution in [0.4, 0.5) is 0 Å². The van der Waals surface area contributed by atoms with E-state index in [0.29, 0.717) is 29.2 Å². The normalized spacial score (nSPS) is 13.4. The molecule has 1 aromatic rings. The maximum Gasteiger partial charge on any atom is 0.125 e. The molecular formula is C14H21ClO3. The van der Waals surface area contributed by atoms with Crippen LogP contribution in [0.25, 0.3) is 0 Å². The topological polar surface area (TPSA) is 49.7 Å². The van der Waals surface area contributed by atoms with Crippen LogP contribution in [0.3, 0.4) is 0 Å². The van der Waals surface area contributed by atoms with Gasteiger partial charge in [0.1, 0.15) is 12.4 Å². The van der Waals surface area contributed by atoms with Crippen LogP contribution < -0.4 is 4.74 Å². The summed E-state index contributed by atoms with van der Waals surface area (Å²) in [5.41, 5.74) is -0.188. The van der Waals surface area contributed by atoms with Crippen LogP contribution in [0.1, 0.15) is 45.3 Å². The van der Waals surface area contributed by atoms with E-state index in [2.05, 4.69) is 0 Å². The van der Waals surface area contributed by atoms with Gasteiger partial charge >= 0.3 is 0 Å². The van der Waals surface area contributed by atoms with Gasteiger partial charge < -0.3 is 14.9 Å². The maximum absolute atomic E-state index is 10.2. The minimum Gasteiger partial charge on any atom is -0.490 e. The Hall–Kier alpha value is -0.770. The second-order valence-electron chi connectivity index (χ2n) is 4.58. The summed E-state index contributed by atoms with van der Waals surface area (Å²) >= 11 is 5.89. The molecule has 0 aliphatic rings. The molecule has 0 heterocycles. The van der Waals surface area contributed by atoms with E-state index in [4.69, 9.17) is 16.3 Å². The molecule has 0 amide bonds. The minimum atomic E-state index is -0.824. The van der Waals surface area contributed by atoms with E-state index in [9.17, 15) is 10.2 Å². The van der Waals surface area contributed by atoms with Gasteiger partial charge in [-0.2, -0.15) is 0 Å². The number of rotatable bonds is 6. The molecule has 4 heteroatoms. The van der Waals surface area contributed by atoms with E-state index in [1.165, 1.54) is 0 Å². The predicted molar refractivity (Wildman–Crippen MR) is 73.1 cm³/mol. The first-order valence-corrected chi connectivity index (χ1v) is 6.62. The van der Waals surface area contributed by atoms with Crippen molar-refractivity contribution in [3.8, 4) is 5.75 Å². The molecule has 1 aromatic carbocycles. The molecule has 102 valence electrons. The van der Waals surface area contributed by atoms with Crippen molar-refractivity contribution in [2.75, 3.05) is 6.61 Å². The van der Waals surface area contributed by atoms with Gasteiger partial charge in [0.25, 0.3) is 0 Å². The highest BCUT2D eigenvalue weighted by atomic mass is 35.5. The molecule has 0 fully saturated rings. The lowest BCUT2D eigenvalue weighted by Crippen LogP contribution is -2.34. The maximum atomic E-state index is 10.2. The van der Waals surface area contributed by atoms with Crippen LogP contribution in [-0.4, -0.2) is 22.4 Å². The lowest BCUT2D eigenvalue weighted by atomic mass is 9.99. The number of hydrogen-bond acceptors (Lipinski definition) is 3. The van der Waals surface area contributed by atoms with Crippen molar-refractivity contribution >= 4 is 11.6 Å². The standard InChI is InChI=1S/C14H21ClO3/c1-4-14(17,5-2)9-18-13-7-6-11(15)8-12(13)10(3)16/h6-8,10,16-17H,4-5,9H2,1-3H3/t10-/m0/s1. The molecule has 1 atom stereocenters. The summed E-state index contributed by atoms with van der Waals surface area (Å²) in [5, 5.41) is 20.4. The smallest absolute Gasteiger partial charge is 0.125 e. The zero-order valence-electron chi connectivity index (χ0n) is 11.1. The Morgan fingerprint density at radius 2 is 1.94 bits per heavy atom. The second kappa shape index (κ2) is 6.41. The Kier molecular flexibility index (Phi) is 5.45. The minimum absolute atomic E-state index is 0.210. The van der Waals surface area contributed by atoms with Gasteiger partial charge in [-0.3, -0.25) is 0 Å². The van der Waals surface area contributed by atoms with Gasteiger partial charge in [0.05, 0.1) is 11.7 Å². The molecule has 0 aliphatic carbocycles. The summed E-state index contributed by atoms with van der Waals surface area (Å²) < 4.78 is 5.63. The van der Waals surface area contributed by atoms with Gasteiger partial charge in [-0.05, 0) is 38.0 Å². The number of benzene rings is 1. The lowest BCUT2D eigenvalue weighted by molar-refractivity contribution is -0.0121.